The Morgan fingerprint density at radius 1 is 1.05 bits per heavy atom. The van der Waals surface area contributed by atoms with Crippen molar-refractivity contribution < 1.29 is 10.2 Å². The Hall–Kier alpha value is -3.35. The maximum absolute atomic E-state index is 11.4. The van der Waals surface area contributed by atoms with Crippen LogP contribution in [0.25, 0.3) is 21.6 Å². The van der Waals surface area contributed by atoms with Crippen LogP contribution in [0.2, 0.25) is 5.28 Å². The monoisotopic (exact) mass is 604 g/mol. The lowest BCUT2D eigenvalue weighted by Crippen LogP contribution is -2.39. The summed E-state index contributed by atoms with van der Waals surface area (Å²) >= 11 is 7.82. The minimum absolute atomic E-state index is 0.0211. The molecule has 0 amide bonds. The molecule has 0 unspecified atom stereocenters. The van der Waals surface area contributed by atoms with Crippen molar-refractivity contribution in [1.29, 1.82) is 0 Å². The number of fused-ring (bicyclic) bond motifs is 1. The normalized spacial score (nSPS) is 23.7. The van der Waals surface area contributed by atoms with Crippen LogP contribution in [0.1, 0.15) is 42.3 Å². The predicted octanol–water partition coefficient (Wildman–Crippen LogP) is 4.30. The van der Waals surface area contributed by atoms with Gasteiger partial charge in [-0.05, 0) is 67.4 Å². The number of benzene rings is 1. The van der Waals surface area contributed by atoms with Crippen molar-refractivity contribution in [3.63, 3.8) is 0 Å². The van der Waals surface area contributed by atoms with Gasteiger partial charge in [0.15, 0.2) is 0 Å². The Bertz CT molecular complexity index is 1670. The smallest absolute Gasteiger partial charge is 0.226 e. The lowest BCUT2D eigenvalue weighted by molar-refractivity contribution is -0.0126. The van der Waals surface area contributed by atoms with Gasteiger partial charge in [-0.3, -0.25) is 10.00 Å². The van der Waals surface area contributed by atoms with Crippen LogP contribution in [0.15, 0.2) is 54.2 Å². The van der Waals surface area contributed by atoms with Gasteiger partial charge in [0.25, 0.3) is 0 Å². The molecule has 4 aromatic heterocycles. The summed E-state index contributed by atoms with van der Waals surface area (Å²) in [6.45, 7) is 2.73. The van der Waals surface area contributed by atoms with E-state index < -0.39 is 12.2 Å². The lowest BCUT2D eigenvalue weighted by Gasteiger charge is -2.35. The number of nitrogens with two attached hydrogens (primary N) is 1. The molecule has 12 heteroatoms. The summed E-state index contributed by atoms with van der Waals surface area (Å²) in [6.07, 6.45) is 5.26. The first-order valence-corrected chi connectivity index (χ1v) is 15.6. The van der Waals surface area contributed by atoms with E-state index >= 15 is 0 Å². The molecule has 1 aliphatic carbocycles. The molecule has 42 heavy (non-hydrogen) atoms. The molecule has 1 aromatic carbocycles. The maximum Gasteiger partial charge on any atom is 0.226 e. The lowest BCUT2D eigenvalue weighted by atomic mass is 9.82. The summed E-state index contributed by atoms with van der Waals surface area (Å²) in [4.78, 5) is 16.1. The van der Waals surface area contributed by atoms with E-state index in [-0.39, 0.29) is 23.1 Å². The average molecular weight is 605 g/mol. The second-order valence-corrected chi connectivity index (χ2v) is 12.7. The van der Waals surface area contributed by atoms with E-state index in [0.717, 1.165) is 60.9 Å². The highest BCUT2D eigenvalue weighted by molar-refractivity contribution is 7.13. The number of hydrogen-bond acceptors (Lipinski definition) is 9. The first kappa shape index (κ1) is 27.5. The van der Waals surface area contributed by atoms with Gasteiger partial charge in [-0.2, -0.15) is 10.1 Å². The molecular formula is C30H33ClN8O2S. The van der Waals surface area contributed by atoms with Crippen LogP contribution in [-0.2, 0) is 13.0 Å². The van der Waals surface area contributed by atoms with Crippen molar-refractivity contribution in [1.82, 2.24) is 34.6 Å². The van der Waals surface area contributed by atoms with Gasteiger partial charge in [0.2, 0.25) is 5.28 Å². The number of anilines is 1. The Morgan fingerprint density at radius 2 is 1.86 bits per heavy atom. The third-order valence-electron chi connectivity index (χ3n) is 8.93. The number of thiazole rings is 1. The number of hydrogen-bond donors (Lipinski definition) is 4. The fraction of sp³-hybridized carbons (Fsp3) is 0.400. The van der Waals surface area contributed by atoms with Gasteiger partial charge < -0.3 is 20.5 Å². The Morgan fingerprint density at radius 3 is 2.62 bits per heavy atom. The molecule has 7 rings (SSSR count). The minimum atomic E-state index is -0.943. The SMILES string of the molecule is Nc1nc(Cl)nc2c1c(-c1nc(Cc3ccccc3)cs1)cn2[C@@H]1C[C@H](C2CCN(Cc3ccn[nH]3)CC2)[C@@H](O)[C@H]1O. The molecule has 218 valence electrons. The predicted molar refractivity (Wildman–Crippen MR) is 163 cm³/mol. The second kappa shape index (κ2) is 11.4. The summed E-state index contributed by atoms with van der Waals surface area (Å²) in [7, 11) is 0. The molecule has 0 bridgehead atoms. The van der Waals surface area contributed by atoms with Crippen molar-refractivity contribution >= 4 is 39.8 Å². The van der Waals surface area contributed by atoms with Crippen molar-refractivity contribution in [2.24, 2.45) is 11.8 Å². The molecule has 5 N–H and O–H groups in total. The first-order valence-electron chi connectivity index (χ1n) is 14.3. The van der Waals surface area contributed by atoms with Crippen LogP contribution in [-0.4, -0.2) is 70.1 Å². The number of aromatic nitrogens is 6. The minimum Gasteiger partial charge on any atom is -0.390 e. The highest BCUT2D eigenvalue weighted by atomic mass is 35.5. The number of rotatable bonds is 7. The summed E-state index contributed by atoms with van der Waals surface area (Å²) < 4.78 is 1.94. The van der Waals surface area contributed by atoms with Crippen LogP contribution < -0.4 is 5.73 Å². The number of likely N-dealkylation sites (tertiary alicyclic amines) is 1. The van der Waals surface area contributed by atoms with Gasteiger partial charge in [0.1, 0.15) is 22.6 Å². The van der Waals surface area contributed by atoms with E-state index in [0.29, 0.717) is 23.4 Å². The zero-order valence-corrected chi connectivity index (χ0v) is 24.5. The summed E-state index contributed by atoms with van der Waals surface area (Å²) in [6, 6.07) is 11.9. The van der Waals surface area contributed by atoms with Crippen LogP contribution in [0.4, 0.5) is 5.82 Å². The van der Waals surface area contributed by atoms with Crippen molar-refractivity contribution in [2.75, 3.05) is 18.8 Å². The number of aliphatic hydroxyl groups is 2. The van der Waals surface area contributed by atoms with Gasteiger partial charge in [-0.1, -0.05) is 30.3 Å². The summed E-state index contributed by atoms with van der Waals surface area (Å²) in [5.41, 5.74) is 11.0. The fourth-order valence-corrected chi connectivity index (χ4v) is 7.83. The number of nitrogen functional groups attached to an aromatic ring is 1. The molecular weight excluding hydrogens is 572 g/mol. The van der Waals surface area contributed by atoms with Gasteiger partial charge in [-0.15, -0.1) is 11.3 Å². The van der Waals surface area contributed by atoms with E-state index in [9.17, 15) is 10.2 Å². The number of aromatic amines is 1. The van der Waals surface area contributed by atoms with Gasteiger partial charge in [-0.25, -0.2) is 9.97 Å². The molecule has 5 heterocycles. The van der Waals surface area contributed by atoms with Crippen LogP contribution in [0.3, 0.4) is 0 Å². The molecule has 0 spiro atoms. The molecule has 2 fully saturated rings. The highest BCUT2D eigenvalue weighted by Gasteiger charge is 2.46. The second-order valence-electron chi connectivity index (χ2n) is 11.5. The molecule has 2 aliphatic rings. The standard InChI is InChI=1S/C30H33ClN8O2S/c31-30-35-27(32)24-22(29-34-20(16-42-29)12-17-4-2-1-3-5-17)15-39(28(24)36-30)23-13-21(25(40)26(23)41)18-7-10-38(11-8-18)14-19-6-9-33-37-19/h1-6,9,15-16,18,21,23,25-26,40-41H,7-8,10-14H2,(H,33,37)(H2,32,35,36)/t21-,23-,25-,26+/m1/s1. The van der Waals surface area contributed by atoms with Crippen molar-refractivity contribution in [2.45, 2.75) is 50.5 Å². The van der Waals surface area contributed by atoms with E-state index in [4.69, 9.17) is 22.3 Å². The molecule has 10 nitrogen and oxygen atoms in total. The van der Waals surface area contributed by atoms with E-state index in [2.05, 4.69) is 42.6 Å². The number of aliphatic hydroxyl groups excluding tert-OH is 2. The zero-order chi connectivity index (χ0) is 28.8. The largest absolute Gasteiger partial charge is 0.390 e. The quantitative estimate of drug-likeness (QED) is 0.201. The summed E-state index contributed by atoms with van der Waals surface area (Å²) in [5, 5.41) is 33.3. The number of piperidine rings is 1. The van der Waals surface area contributed by atoms with Crippen LogP contribution in [0, 0.1) is 11.8 Å². The van der Waals surface area contributed by atoms with Gasteiger partial charge in [0.05, 0.1) is 23.2 Å². The Labute approximate surface area is 252 Å². The molecule has 1 saturated heterocycles. The fourth-order valence-electron chi connectivity index (χ4n) is 6.82. The third-order valence-corrected chi connectivity index (χ3v) is 10.0. The number of halogens is 1. The molecule has 4 atom stereocenters. The Kier molecular flexibility index (Phi) is 7.45. The molecule has 5 aromatic rings. The van der Waals surface area contributed by atoms with E-state index in [1.807, 2.05) is 35.0 Å². The van der Waals surface area contributed by atoms with Crippen molar-refractivity contribution in [3.05, 3.63) is 76.4 Å². The first-order chi connectivity index (χ1) is 20.4. The van der Waals surface area contributed by atoms with Crippen molar-refractivity contribution in [3.8, 4) is 10.6 Å². The van der Waals surface area contributed by atoms with E-state index in [1.165, 1.54) is 5.56 Å². The van der Waals surface area contributed by atoms with E-state index in [1.54, 1.807) is 17.5 Å². The number of H-pyrrole nitrogens is 1. The number of nitrogens with one attached hydrogen (secondary N) is 1. The maximum atomic E-state index is 11.4. The van der Waals surface area contributed by atoms with Crippen LogP contribution >= 0.6 is 22.9 Å². The molecule has 1 aliphatic heterocycles. The topological polar surface area (TPSA) is 142 Å². The van der Waals surface area contributed by atoms with Gasteiger partial charge in [0, 0.05) is 42.0 Å². The van der Waals surface area contributed by atoms with Gasteiger partial charge >= 0.3 is 0 Å². The molecule has 1 saturated carbocycles. The molecule has 0 radical (unpaired) electrons. The third kappa shape index (κ3) is 5.20. The van der Waals surface area contributed by atoms with Crippen LogP contribution in [0.5, 0.6) is 0 Å². The summed E-state index contributed by atoms with van der Waals surface area (Å²) in [5.74, 6) is 0.571. The Balaban J connectivity index is 1.15. The zero-order valence-electron chi connectivity index (χ0n) is 23.0. The number of nitrogens with zero attached hydrogens (tertiary/aromatic N) is 6. The highest BCUT2D eigenvalue weighted by Crippen LogP contribution is 2.46. The average Bonchev–Trinajstić information content (AvgIpc) is 3.79.